The van der Waals surface area contributed by atoms with Crippen LogP contribution in [-0.4, -0.2) is 29.2 Å². The summed E-state index contributed by atoms with van der Waals surface area (Å²) in [5, 5.41) is 6.58. The molecule has 160 valence electrons. The number of hydrogen-bond acceptors (Lipinski definition) is 2. The minimum atomic E-state index is -0.345. The van der Waals surface area contributed by atoms with Gasteiger partial charge in [0.15, 0.2) is 5.75 Å². The molecule has 31 heavy (non-hydrogen) atoms. The molecule has 4 nitrogen and oxygen atoms in total. The molecule has 1 atom stereocenters. The molecule has 1 fully saturated rings. The van der Waals surface area contributed by atoms with Crippen LogP contribution in [0.25, 0.3) is 43.6 Å². The van der Waals surface area contributed by atoms with Crippen molar-refractivity contribution in [2.24, 2.45) is 0 Å². The monoisotopic (exact) mass is 461 g/mol. The summed E-state index contributed by atoms with van der Waals surface area (Å²) >= 11 is 6.87. The number of benzene rings is 3. The Balaban J connectivity index is 0.00000204. The number of ether oxygens (including phenoxy) is 1. The zero-order valence-electron chi connectivity index (χ0n) is 16.3. The molecule has 5 aromatic rings. The third-order valence-corrected chi connectivity index (χ3v) is 6.38. The lowest BCUT2D eigenvalue weighted by Crippen LogP contribution is -2.28. The fourth-order valence-corrected chi connectivity index (χ4v) is 4.99. The van der Waals surface area contributed by atoms with Crippen LogP contribution in [0.3, 0.4) is 0 Å². The fourth-order valence-electron chi connectivity index (χ4n) is 4.60. The molecule has 1 aliphatic rings. The average Bonchev–Trinajstić information content (AvgIpc) is 3.44. The van der Waals surface area contributed by atoms with Crippen molar-refractivity contribution in [3.8, 4) is 5.75 Å². The van der Waals surface area contributed by atoms with Crippen molar-refractivity contribution in [3.63, 3.8) is 0 Å². The first-order valence-electron chi connectivity index (χ1n) is 9.99. The molecule has 1 aliphatic heterocycles. The van der Waals surface area contributed by atoms with Crippen molar-refractivity contribution in [3.05, 3.63) is 53.1 Å². The summed E-state index contributed by atoms with van der Waals surface area (Å²) in [5.41, 5.74) is 2.94. The molecule has 0 saturated carbocycles. The molecule has 0 radical (unpaired) electrons. The molecule has 0 unspecified atom stereocenters. The van der Waals surface area contributed by atoms with E-state index in [9.17, 15) is 8.78 Å². The number of fused-ring (bicyclic) bond motifs is 6. The van der Waals surface area contributed by atoms with Crippen LogP contribution in [-0.2, 0) is 0 Å². The molecule has 2 aromatic heterocycles. The number of rotatable bonds is 3. The molecule has 3 heterocycles. The molecule has 0 amide bonds. The minimum absolute atomic E-state index is 0. The van der Waals surface area contributed by atoms with Gasteiger partial charge in [0.05, 0.1) is 16.1 Å². The zero-order valence-corrected chi connectivity index (χ0v) is 17.9. The summed E-state index contributed by atoms with van der Waals surface area (Å²) < 4.78 is 34.4. The summed E-state index contributed by atoms with van der Waals surface area (Å²) in [6, 6.07) is 9.39. The van der Waals surface area contributed by atoms with E-state index in [1.807, 2.05) is 0 Å². The maximum atomic E-state index is 14.0. The summed E-state index contributed by atoms with van der Waals surface area (Å²) in [4.78, 5) is 6.69. The highest BCUT2D eigenvalue weighted by Gasteiger charge is 2.24. The summed E-state index contributed by atoms with van der Waals surface area (Å²) in [7, 11) is 0. The van der Waals surface area contributed by atoms with Crippen LogP contribution in [0.5, 0.6) is 5.75 Å². The Labute approximate surface area is 187 Å². The summed E-state index contributed by atoms with van der Waals surface area (Å²) in [6.45, 7) is 1.48. The van der Waals surface area contributed by atoms with Crippen LogP contribution in [0.4, 0.5) is 8.78 Å². The Morgan fingerprint density at radius 1 is 0.935 bits per heavy atom. The molecule has 1 saturated heterocycles. The first-order valence-corrected chi connectivity index (χ1v) is 10.4. The SMILES string of the molecule is Cl.Fc1ccc2[nH]c3c(OC[C@H]4CCCN4)c4[nH]c5ccc(F)cc5c4c(Cl)c3c2c1. The molecular weight excluding hydrogens is 443 g/mol. The number of halogens is 4. The fraction of sp³-hybridized carbons (Fsp3) is 0.217. The normalized spacial score (nSPS) is 16.5. The molecule has 0 spiro atoms. The van der Waals surface area contributed by atoms with Crippen LogP contribution in [0.15, 0.2) is 36.4 Å². The topological polar surface area (TPSA) is 52.8 Å². The van der Waals surface area contributed by atoms with E-state index in [1.165, 1.54) is 24.3 Å². The van der Waals surface area contributed by atoms with Gasteiger partial charge < -0.3 is 20.0 Å². The van der Waals surface area contributed by atoms with Gasteiger partial charge in [0.25, 0.3) is 0 Å². The van der Waals surface area contributed by atoms with Crippen LogP contribution >= 0.6 is 24.0 Å². The van der Waals surface area contributed by atoms with Gasteiger partial charge in [-0.25, -0.2) is 8.78 Å². The van der Waals surface area contributed by atoms with E-state index in [0.29, 0.717) is 50.0 Å². The van der Waals surface area contributed by atoms with Crippen LogP contribution < -0.4 is 10.1 Å². The molecule has 3 aromatic carbocycles. The zero-order chi connectivity index (χ0) is 20.4. The maximum absolute atomic E-state index is 14.0. The highest BCUT2D eigenvalue weighted by atomic mass is 35.5. The van der Waals surface area contributed by atoms with Crippen molar-refractivity contribution >= 4 is 67.6 Å². The summed E-state index contributed by atoms with van der Waals surface area (Å²) in [6.07, 6.45) is 2.17. The largest absolute Gasteiger partial charge is 0.488 e. The van der Waals surface area contributed by atoms with E-state index in [0.717, 1.165) is 30.4 Å². The quantitative estimate of drug-likeness (QED) is 0.289. The lowest BCUT2D eigenvalue weighted by Gasteiger charge is -2.14. The number of nitrogens with one attached hydrogen (secondary N) is 3. The van der Waals surface area contributed by atoms with Crippen molar-refractivity contribution in [1.82, 2.24) is 15.3 Å². The molecule has 8 heteroatoms. The third kappa shape index (κ3) is 3.13. The predicted molar refractivity (Wildman–Crippen MR) is 124 cm³/mol. The van der Waals surface area contributed by atoms with E-state index in [2.05, 4.69) is 15.3 Å². The Bertz CT molecular complexity index is 1360. The standard InChI is InChI=1S/C23H18ClF2N3O.ClH/c24-20-18-14-8-11(25)3-5-16(14)28-21(18)23(30-10-13-2-1-7-27-13)22-19(20)15-9-12(26)4-6-17(15)29-22;/h3-6,8-9,13,27-29H,1-2,7,10H2;1H/t13-;/m1./s1. The smallest absolute Gasteiger partial charge is 0.167 e. The average molecular weight is 462 g/mol. The van der Waals surface area contributed by atoms with Gasteiger partial charge in [-0.15, -0.1) is 12.4 Å². The number of hydrogen-bond donors (Lipinski definition) is 3. The van der Waals surface area contributed by atoms with Gasteiger partial charge in [-0.2, -0.15) is 0 Å². The Morgan fingerprint density at radius 2 is 1.52 bits per heavy atom. The Morgan fingerprint density at radius 3 is 2.03 bits per heavy atom. The van der Waals surface area contributed by atoms with Gasteiger partial charge >= 0.3 is 0 Å². The molecule has 0 bridgehead atoms. The number of H-pyrrole nitrogens is 2. The van der Waals surface area contributed by atoms with Gasteiger partial charge in [-0.1, -0.05) is 11.6 Å². The lowest BCUT2D eigenvalue weighted by atomic mass is 10.1. The van der Waals surface area contributed by atoms with Crippen LogP contribution in [0.1, 0.15) is 12.8 Å². The van der Waals surface area contributed by atoms with Crippen molar-refractivity contribution in [2.45, 2.75) is 18.9 Å². The second kappa shape index (κ2) is 7.55. The molecule has 6 rings (SSSR count). The second-order valence-corrected chi connectivity index (χ2v) is 8.26. The molecule has 3 N–H and O–H groups in total. The molecule has 0 aliphatic carbocycles. The van der Waals surface area contributed by atoms with E-state index in [-0.39, 0.29) is 30.1 Å². The van der Waals surface area contributed by atoms with Crippen molar-refractivity contribution < 1.29 is 13.5 Å². The van der Waals surface area contributed by atoms with Gasteiger partial charge in [0, 0.05) is 38.6 Å². The van der Waals surface area contributed by atoms with E-state index < -0.39 is 0 Å². The highest BCUT2D eigenvalue weighted by Crippen LogP contribution is 2.46. The first-order chi connectivity index (χ1) is 14.6. The Hall–Kier alpha value is -2.54. The summed E-state index contributed by atoms with van der Waals surface area (Å²) in [5.74, 6) is -0.0735. The van der Waals surface area contributed by atoms with Crippen molar-refractivity contribution in [2.75, 3.05) is 13.2 Å². The lowest BCUT2D eigenvalue weighted by molar-refractivity contribution is 0.282. The minimum Gasteiger partial charge on any atom is -0.488 e. The number of aromatic amines is 2. The molecular formula is C23H19Cl2F2N3O. The van der Waals surface area contributed by atoms with Gasteiger partial charge in [0.1, 0.15) is 18.2 Å². The van der Waals surface area contributed by atoms with Crippen molar-refractivity contribution in [1.29, 1.82) is 0 Å². The van der Waals surface area contributed by atoms with Crippen LogP contribution in [0.2, 0.25) is 5.02 Å². The number of aromatic nitrogens is 2. The third-order valence-electron chi connectivity index (χ3n) is 6.01. The second-order valence-electron chi connectivity index (χ2n) is 7.88. The van der Waals surface area contributed by atoms with Gasteiger partial charge in [0.2, 0.25) is 0 Å². The van der Waals surface area contributed by atoms with Crippen LogP contribution in [0, 0.1) is 11.6 Å². The highest BCUT2D eigenvalue weighted by molar-refractivity contribution is 6.45. The first kappa shape index (κ1) is 20.4. The maximum Gasteiger partial charge on any atom is 0.167 e. The van der Waals surface area contributed by atoms with E-state index in [4.69, 9.17) is 16.3 Å². The van der Waals surface area contributed by atoms with Gasteiger partial charge in [-0.3, -0.25) is 0 Å². The van der Waals surface area contributed by atoms with E-state index in [1.54, 1.807) is 12.1 Å². The van der Waals surface area contributed by atoms with Gasteiger partial charge in [-0.05, 0) is 55.8 Å². The van der Waals surface area contributed by atoms with E-state index >= 15 is 0 Å². The predicted octanol–water partition coefficient (Wildman–Crippen LogP) is 6.44. The Kier molecular flexibility index (Phi) is 4.96.